The second-order valence-corrected chi connectivity index (χ2v) is 8.60. The van der Waals surface area contributed by atoms with Crippen LogP contribution in [0.2, 0.25) is 0 Å². The first kappa shape index (κ1) is 21.6. The topological polar surface area (TPSA) is 38.7 Å². The lowest BCUT2D eigenvalue weighted by Gasteiger charge is -2.09. The summed E-state index contributed by atoms with van der Waals surface area (Å²) in [5.41, 5.74) is 8.96. The molecule has 0 unspecified atom stereocenters. The molecule has 0 fully saturated rings. The van der Waals surface area contributed by atoms with E-state index < -0.39 is 0 Å². The molecule has 36 heavy (non-hydrogen) atoms. The lowest BCUT2D eigenvalue weighted by atomic mass is 9.98. The van der Waals surface area contributed by atoms with Crippen molar-refractivity contribution in [3.63, 3.8) is 0 Å². The molecular formula is C33H23N3. The maximum Gasteiger partial charge on any atom is 0.163 e. The predicted octanol–water partition coefficient (Wildman–Crippen LogP) is 8.21. The van der Waals surface area contributed by atoms with Gasteiger partial charge in [-0.15, -0.1) is 0 Å². The zero-order valence-electron chi connectivity index (χ0n) is 19.6. The molecule has 0 spiro atoms. The van der Waals surface area contributed by atoms with Crippen LogP contribution >= 0.6 is 0 Å². The molecule has 170 valence electrons. The fraction of sp³-hybridized carbons (Fsp3) is 0. The Hall–Kier alpha value is -4.89. The Morgan fingerprint density at radius 3 is 1.31 bits per heavy atom. The first-order valence-electron chi connectivity index (χ1n) is 11.9. The van der Waals surface area contributed by atoms with Gasteiger partial charge in [-0.2, -0.15) is 0 Å². The van der Waals surface area contributed by atoms with E-state index in [4.69, 9.17) is 4.98 Å². The van der Waals surface area contributed by atoms with Gasteiger partial charge in [0.2, 0.25) is 0 Å². The van der Waals surface area contributed by atoms with Gasteiger partial charge >= 0.3 is 0 Å². The molecule has 1 heterocycles. The Morgan fingerprint density at radius 1 is 0.306 bits per heavy atom. The van der Waals surface area contributed by atoms with Gasteiger partial charge in [-0.3, -0.25) is 0 Å². The van der Waals surface area contributed by atoms with E-state index in [0.29, 0.717) is 11.6 Å². The van der Waals surface area contributed by atoms with Crippen molar-refractivity contribution in [2.45, 2.75) is 0 Å². The van der Waals surface area contributed by atoms with E-state index in [1.165, 1.54) is 22.3 Å². The van der Waals surface area contributed by atoms with Crippen LogP contribution in [0, 0.1) is 0 Å². The van der Waals surface area contributed by atoms with E-state index in [0.717, 1.165) is 22.3 Å². The van der Waals surface area contributed by atoms with E-state index in [1.807, 2.05) is 30.3 Å². The summed E-state index contributed by atoms with van der Waals surface area (Å²) in [6.45, 7) is 0. The maximum absolute atomic E-state index is 4.79. The summed E-state index contributed by atoms with van der Waals surface area (Å²) < 4.78 is 0. The van der Waals surface area contributed by atoms with Crippen molar-refractivity contribution in [3.8, 4) is 56.2 Å². The molecule has 0 atom stereocenters. The molecular weight excluding hydrogens is 438 g/mol. The standard InChI is InChI=1S/C33H23N3/c1-3-9-24(10-4-1)26-17-19-27(20-18-26)32-34-23-35-33(36-32)31-16-8-15-30(22-31)29-14-7-13-28(21-29)25-11-5-2-6-12-25/h1-23H. The highest BCUT2D eigenvalue weighted by Crippen LogP contribution is 2.29. The third-order valence-electron chi connectivity index (χ3n) is 6.25. The highest BCUT2D eigenvalue weighted by Gasteiger charge is 2.09. The van der Waals surface area contributed by atoms with E-state index in [9.17, 15) is 0 Å². The van der Waals surface area contributed by atoms with Gasteiger partial charge in [0.1, 0.15) is 6.33 Å². The Bertz CT molecular complexity index is 1610. The first-order valence-corrected chi connectivity index (χ1v) is 11.9. The van der Waals surface area contributed by atoms with Crippen molar-refractivity contribution in [2.75, 3.05) is 0 Å². The van der Waals surface area contributed by atoms with Gasteiger partial charge in [0.15, 0.2) is 11.6 Å². The van der Waals surface area contributed by atoms with E-state index in [-0.39, 0.29) is 0 Å². The molecule has 0 N–H and O–H groups in total. The molecule has 3 heteroatoms. The molecule has 5 aromatic carbocycles. The van der Waals surface area contributed by atoms with Crippen molar-refractivity contribution in [2.24, 2.45) is 0 Å². The molecule has 6 rings (SSSR count). The van der Waals surface area contributed by atoms with E-state index in [2.05, 4.69) is 113 Å². The van der Waals surface area contributed by atoms with Gasteiger partial charge in [0.25, 0.3) is 0 Å². The molecule has 0 radical (unpaired) electrons. The van der Waals surface area contributed by atoms with Crippen LogP contribution in [0.3, 0.4) is 0 Å². The molecule has 3 nitrogen and oxygen atoms in total. The van der Waals surface area contributed by atoms with E-state index in [1.54, 1.807) is 6.33 Å². The Kier molecular flexibility index (Phi) is 5.87. The van der Waals surface area contributed by atoms with Gasteiger partial charge in [-0.1, -0.05) is 121 Å². The van der Waals surface area contributed by atoms with Crippen LogP contribution in [-0.2, 0) is 0 Å². The highest BCUT2D eigenvalue weighted by molar-refractivity contribution is 5.76. The van der Waals surface area contributed by atoms with Gasteiger partial charge in [0.05, 0.1) is 0 Å². The van der Waals surface area contributed by atoms with Crippen LogP contribution in [0.25, 0.3) is 56.2 Å². The second kappa shape index (κ2) is 9.77. The molecule has 0 saturated heterocycles. The average molecular weight is 462 g/mol. The maximum atomic E-state index is 4.79. The summed E-state index contributed by atoms with van der Waals surface area (Å²) in [7, 11) is 0. The van der Waals surface area contributed by atoms with Crippen LogP contribution in [0.4, 0.5) is 0 Å². The minimum absolute atomic E-state index is 0.660. The van der Waals surface area contributed by atoms with E-state index >= 15 is 0 Å². The second-order valence-electron chi connectivity index (χ2n) is 8.60. The predicted molar refractivity (Wildman–Crippen MR) is 147 cm³/mol. The molecule has 0 aliphatic heterocycles. The van der Waals surface area contributed by atoms with Gasteiger partial charge < -0.3 is 0 Å². The summed E-state index contributed by atoms with van der Waals surface area (Å²) in [4.78, 5) is 13.7. The van der Waals surface area contributed by atoms with Crippen molar-refractivity contribution in [1.82, 2.24) is 15.0 Å². The summed E-state index contributed by atoms with van der Waals surface area (Å²) in [6.07, 6.45) is 1.59. The monoisotopic (exact) mass is 461 g/mol. The number of hydrogen-bond acceptors (Lipinski definition) is 3. The van der Waals surface area contributed by atoms with Crippen molar-refractivity contribution in [1.29, 1.82) is 0 Å². The van der Waals surface area contributed by atoms with Gasteiger partial charge in [-0.25, -0.2) is 15.0 Å². The largest absolute Gasteiger partial charge is 0.217 e. The van der Waals surface area contributed by atoms with Gasteiger partial charge in [0, 0.05) is 11.1 Å². The quantitative estimate of drug-likeness (QED) is 0.260. The first-order chi connectivity index (χ1) is 17.8. The van der Waals surface area contributed by atoms with Crippen LogP contribution in [-0.4, -0.2) is 15.0 Å². The molecule has 6 aromatic rings. The zero-order chi connectivity index (χ0) is 24.2. The van der Waals surface area contributed by atoms with Crippen molar-refractivity contribution >= 4 is 0 Å². The third kappa shape index (κ3) is 4.55. The minimum Gasteiger partial charge on any atom is -0.217 e. The number of nitrogens with zero attached hydrogens (tertiary/aromatic N) is 3. The van der Waals surface area contributed by atoms with Crippen molar-refractivity contribution in [3.05, 3.63) is 140 Å². The van der Waals surface area contributed by atoms with Crippen molar-refractivity contribution < 1.29 is 0 Å². The number of benzene rings is 5. The molecule has 1 aromatic heterocycles. The Morgan fingerprint density at radius 2 is 0.694 bits per heavy atom. The summed E-state index contributed by atoms with van der Waals surface area (Å²) in [5, 5.41) is 0. The molecule has 0 aliphatic rings. The fourth-order valence-electron chi connectivity index (χ4n) is 4.36. The minimum atomic E-state index is 0.660. The number of rotatable bonds is 5. The third-order valence-corrected chi connectivity index (χ3v) is 6.25. The summed E-state index contributed by atoms with van der Waals surface area (Å²) in [5.74, 6) is 1.32. The van der Waals surface area contributed by atoms with Crippen LogP contribution < -0.4 is 0 Å². The van der Waals surface area contributed by atoms with Gasteiger partial charge in [-0.05, 0) is 45.5 Å². The fourth-order valence-corrected chi connectivity index (χ4v) is 4.36. The number of aromatic nitrogens is 3. The average Bonchev–Trinajstić information content (AvgIpc) is 2.98. The Balaban J connectivity index is 1.30. The lowest BCUT2D eigenvalue weighted by Crippen LogP contribution is -1.95. The van der Waals surface area contributed by atoms with Crippen LogP contribution in [0.5, 0.6) is 0 Å². The summed E-state index contributed by atoms with van der Waals surface area (Å²) in [6, 6.07) is 46.1. The lowest BCUT2D eigenvalue weighted by molar-refractivity contribution is 1.07. The molecule has 0 bridgehead atoms. The Labute approximate surface area is 210 Å². The van der Waals surface area contributed by atoms with Crippen LogP contribution in [0.15, 0.2) is 140 Å². The molecule has 0 amide bonds. The normalized spacial score (nSPS) is 10.8. The summed E-state index contributed by atoms with van der Waals surface area (Å²) >= 11 is 0. The highest BCUT2D eigenvalue weighted by atomic mass is 15.0. The number of hydrogen-bond donors (Lipinski definition) is 0. The SMILES string of the molecule is c1ccc(-c2ccc(-c3ncnc(-c4cccc(-c5cccc(-c6ccccc6)c5)c4)n3)cc2)cc1. The smallest absolute Gasteiger partial charge is 0.163 e. The molecule has 0 aliphatic carbocycles. The molecule has 0 saturated carbocycles. The zero-order valence-corrected chi connectivity index (χ0v) is 19.6. The van der Waals surface area contributed by atoms with Crippen LogP contribution in [0.1, 0.15) is 0 Å².